The Morgan fingerprint density at radius 1 is 0.250 bits per heavy atom. The van der Waals surface area contributed by atoms with Gasteiger partial charge in [0.2, 0.25) is 11.9 Å². The van der Waals surface area contributed by atoms with E-state index in [-0.39, 0.29) is 43.3 Å². The number of nitrogens with one attached hydrogen (secondary N) is 2. The molecule has 0 fully saturated rings. The standard InChI is InChI=1S/C57H41N5Si.C51H37N5Si/c58-56(43-23-19-29-47(39-43)63(44-24-6-2-7-25-44,45-26-8-3-9-27-45)46-28-18-22-42(38-46)41-20-4-1-5-21-41)60-57(62-54-36-16-12-32-50(54)51-33-13-17-37-55(51)62)59-40-61-52-34-14-10-30-48(52)49-31-11-15-35-53(49)61;52-50(37-19-18-26-41(35-37)57(38-20-4-1-5-21-38,39-22-6-2-7-23-39)40-24-8-3-9-25-40)54-51(56-48-33-16-12-29-44(48)45-30-13-17-34-49(45)56)53-36-55-46-31-14-10-27-42(46)43-28-11-15-32-47(43)55/h1-40,58H;1-36,52H/i1D,2D,3D,4D,5D,6D,7D,8D,9D,10D,11D,12D,13D,14D,15D,16D,17D,18D,19D,20D,21D,22D,23D,24D,25D,26D,28D,29D,30D,31D,32D,33D,34D,35D,36D,37D,38D,39D;1D,4D,5D,10D,11D,12D,13D,14D,15D,16D,17D,20D,21D,27D,28D,29D,30D,31D,32D,33D,34D. The summed E-state index contributed by atoms with van der Waals surface area (Å²) in [5.41, 5.74) is -8.29. The van der Waals surface area contributed by atoms with E-state index < -0.39 is 488 Å². The summed E-state index contributed by atoms with van der Waals surface area (Å²) in [6, 6.07) is -33.7. The van der Waals surface area contributed by atoms with Crippen molar-refractivity contribution >= 4 is 181 Å². The van der Waals surface area contributed by atoms with Crippen LogP contribution >= 0.6 is 0 Å². The van der Waals surface area contributed by atoms with E-state index in [4.69, 9.17) is 57.6 Å². The number of rotatable bonds is 13. The third-order valence-electron chi connectivity index (χ3n) is 19.3. The quantitative estimate of drug-likeness (QED) is 0.0495. The molecule has 0 amide bonds. The van der Waals surface area contributed by atoms with E-state index in [1.807, 2.05) is 0 Å². The van der Waals surface area contributed by atoms with Gasteiger partial charge >= 0.3 is 0 Å². The van der Waals surface area contributed by atoms with Gasteiger partial charge in [-0.15, -0.1) is 0 Å². The van der Waals surface area contributed by atoms with Gasteiger partial charge < -0.3 is 0 Å². The van der Waals surface area contributed by atoms with Crippen LogP contribution < -0.4 is 41.5 Å². The van der Waals surface area contributed by atoms with Crippen LogP contribution in [0.1, 0.15) is 92.0 Å². The van der Waals surface area contributed by atoms with E-state index in [1.165, 1.54) is 6.07 Å². The fourth-order valence-electron chi connectivity index (χ4n) is 14.2. The number of aliphatic imine (C=N–C) groups is 4. The summed E-state index contributed by atoms with van der Waals surface area (Å²) >= 11 is 0. The maximum atomic E-state index is 10.5. The highest BCUT2D eigenvalue weighted by molar-refractivity contribution is 7.20. The van der Waals surface area contributed by atoms with Gasteiger partial charge in [0.1, 0.15) is 12.7 Å². The molecule has 1 atom stereocenters. The molecular formula is C108H78N10Si2. The van der Waals surface area contributed by atoms with Crippen LogP contribution in [0.25, 0.3) is 98.4 Å². The zero-order chi connectivity index (χ0) is 132. The van der Waals surface area contributed by atoms with E-state index in [2.05, 4.69) is 20.0 Å². The lowest BCUT2D eigenvalue weighted by Crippen LogP contribution is -2.74. The normalized spacial score (nSPS) is 19.6. The highest BCUT2D eigenvalue weighted by Gasteiger charge is 2.43. The fraction of sp³-hybridized carbons (Fsp3) is 0. The summed E-state index contributed by atoms with van der Waals surface area (Å²) in [6.45, 7) is 0. The second-order valence-corrected chi connectivity index (χ2v) is 32.9. The van der Waals surface area contributed by atoms with E-state index in [1.54, 1.807) is 78.9 Å². The molecule has 17 aromatic carbocycles. The Morgan fingerprint density at radius 2 is 0.567 bits per heavy atom. The molecule has 0 bridgehead atoms. The zero-order valence-corrected chi connectivity index (χ0v) is 62.9. The van der Waals surface area contributed by atoms with Gasteiger partial charge in [-0.3, -0.25) is 29.1 Å². The summed E-state index contributed by atoms with van der Waals surface area (Å²) < 4.78 is 537. The maximum absolute atomic E-state index is 10.5. The Hall–Kier alpha value is -15.6. The molecule has 568 valence electrons. The van der Waals surface area contributed by atoms with Crippen molar-refractivity contribution in [3.05, 3.63) is 459 Å². The van der Waals surface area contributed by atoms with Gasteiger partial charge in [0.05, 0.1) is 125 Å². The van der Waals surface area contributed by atoms with Crippen molar-refractivity contribution in [3.8, 4) is 11.1 Å². The molecule has 0 saturated heterocycles. The lowest BCUT2D eigenvalue weighted by atomic mass is 10.1. The van der Waals surface area contributed by atoms with Crippen LogP contribution in [0.3, 0.4) is 0 Å². The van der Waals surface area contributed by atoms with Crippen molar-refractivity contribution in [1.29, 1.82) is 10.8 Å². The van der Waals surface area contributed by atoms with Crippen molar-refractivity contribution < 1.29 is 80.9 Å². The predicted octanol–water partition coefficient (Wildman–Crippen LogP) is 19.8. The van der Waals surface area contributed by atoms with Gasteiger partial charge in [0.25, 0.3) is 0 Å². The lowest BCUT2D eigenvalue weighted by Gasteiger charge is -2.35. The van der Waals surface area contributed by atoms with Gasteiger partial charge in [-0.1, -0.05) is 399 Å². The Morgan fingerprint density at radius 3 is 1.00 bits per heavy atom. The van der Waals surface area contributed by atoms with Gasteiger partial charge in [0.15, 0.2) is 27.8 Å². The first-order valence-electron chi connectivity index (χ1n) is 65.1. The maximum Gasteiger partial charge on any atom is 0.238 e. The van der Waals surface area contributed by atoms with Crippen LogP contribution in [-0.2, 0) is 0 Å². The molecule has 0 aliphatic carbocycles. The highest BCUT2D eigenvalue weighted by atomic mass is 28.3. The van der Waals surface area contributed by atoms with Gasteiger partial charge in [-0.05, 0) is 101 Å². The summed E-state index contributed by atoms with van der Waals surface area (Å²) in [5.74, 6) is -4.35. The molecule has 12 heteroatoms. The van der Waals surface area contributed by atoms with Gasteiger partial charge in [0, 0.05) is 54.2 Å². The largest absolute Gasteiger partial charge is 0.300 e. The number of aromatic nitrogens is 4. The summed E-state index contributed by atoms with van der Waals surface area (Å²) in [4.78, 5) is 18.1. The Kier molecular flexibility index (Phi) is 8.91. The van der Waals surface area contributed by atoms with Crippen molar-refractivity contribution in [2.45, 2.75) is 0 Å². The van der Waals surface area contributed by atoms with E-state index >= 15 is 0 Å². The third-order valence-corrected chi connectivity index (χ3v) is 27.9. The molecule has 0 aliphatic rings. The van der Waals surface area contributed by atoms with Crippen LogP contribution in [-0.4, -0.2) is 70.7 Å². The monoisotopic (exact) mass is 1630 g/mol. The molecule has 0 aliphatic heterocycles. The molecule has 120 heavy (non-hydrogen) atoms. The predicted molar refractivity (Wildman–Crippen MR) is 510 cm³/mol. The molecule has 1 unspecified atom stereocenters. The molecule has 0 radical (unpaired) electrons. The summed E-state index contributed by atoms with van der Waals surface area (Å²) in [6.07, 6.45) is 1.42. The Balaban J connectivity index is 0.000000215. The second-order valence-electron chi connectivity index (χ2n) is 25.6. The average Bonchev–Trinajstić information content (AvgIpc) is 1.61. The molecule has 10 nitrogen and oxygen atoms in total. The van der Waals surface area contributed by atoms with E-state index in [0.29, 0.717) is 37.1 Å². The summed E-state index contributed by atoms with van der Waals surface area (Å²) in [5, 5.41) is 12.6. The topological polar surface area (TPSA) is 117 Å². The number of nitrogens with zero attached hydrogens (tertiary/aromatic N) is 8. The first-order valence-corrected chi connectivity index (χ1v) is 39.6. The zero-order valence-electron chi connectivity index (χ0n) is 120. The number of fused-ring (bicyclic) bond motifs is 12. The van der Waals surface area contributed by atoms with Crippen molar-refractivity contribution in [2.75, 3.05) is 0 Å². The van der Waals surface area contributed by atoms with Gasteiger partial charge in [-0.2, -0.15) is 9.98 Å². The van der Waals surface area contributed by atoms with Crippen LogP contribution in [0.4, 0.5) is 0 Å². The Bertz CT molecular complexity index is 11000. The third kappa shape index (κ3) is 13.0. The highest BCUT2D eigenvalue weighted by Crippen LogP contribution is 2.34. The molecule has 2 N–H and O–H groups in total. The number of hydrogen-bond acceptors (Lipinski definition) is 2. The molecule has 0 saturated carbocycles. The molecular weight excluding hydrogens is 1490 g/mol. The van der Waals surface area contributed by atoms with Crippen LogP contribution in [0, 0.1) is 10.8 Å². The lowest BCUT2D eigenvalue weighted by molar-refractivity contribution is 1.20. The van der Waals surface area contributed by atoms with Crippen LogP contribution in [0.5, 0.6) is 0 Å². The SMILES string of the molecule is [2H]c1c([2H])c([2H])c([Si](c2ccccc2)(c2ccccc2)c2cccc(C(=N)N=C(N=Cn3c4c([2H])c([2H])c([2H])c([2H])c4c4c([2H])c([2H])c([2H])c([2H])c43)n3c4c([2H])c([2H])c([2H])c([2H])c4c4c([2H])c([2H])c([2H])c([2H])c43)c2)c([2H])c1[2H].[2H]c1cc([Si](c2c([2H])c([2H])c([2H])c([2H])c2[2H])(c2c([2H])c([2H])c([2H])c(C(=N)N=C(N=Cn3c4c([2H])c([2H])c([2H])c([2H])c4c4c([2H])c([2H])c([2H])c([2H])c43)n3c4c([2H])c([2H])c([2H])c([2H])c4c4c([2H])c([2H])c([2H])c([2H])c43)c2[2H])c2c([2H])c([2H])c([2H])c(-c3c([2H])c([2H])c([2H])c([2H])c3[2H])c2[2H])c([2H])c([2H])c1[2H]. The number of amidine groups is 2. The Labute approximate surface area is 779 Å². The number of benzene rings is 17. The molecule has 0 spiro atoms. The van der Waals surface area contributed by atoms with Crippen molar-refractivity contribution in [3.63, 3.8) is 0 Å². The minimum atomic E-state index is -6.66. The molecule has 4 heterocycles. The average molecular weight is 1630 g/mol. The van der Waals surface area contributed by atoms with Crippen molar-refractivity contribution in [2.24, 2.45) is 20.0 Å². The second kappa shape index (κ2) is 31.9. The van der Waals surface area contributed by atoms with Crippen molar-refractivity contribution in [1.82, 2.24) is 18.3 Å². The molecule has 21 aromatic rings. The molecule has 21 rings (SSSR count). The number of hydrogen-bond donors (Lipinski definition) is 2. The first-order chi connectivity index (χ1) is 83.9. The smallest absolute Gasteiger partial charge is 0.238 e. The minimum absolute atomic E-state index is 0.000885. The minimum Gasteiger partial charge on any atom is -0.300 e. The number of para-hydroxylation sites is 8. The van der Waals surface area contributed by atoms with Gasteiger partial charge in [-0.25, -0.2) is 9.98 Å². The summed E-state index contributed by atoms with van der Waals surface area (Å²) in [7, 11) is -10.7. The first kappa shape index (κ1) is 33.5. The van der Waals surface area contributed by atoms with E-state index in [9.17, 15) is 34.1 Å². The molecule has 4 aromatic heterocycles. The fourth-order valence-corrected chi connectivity index (χ4v) is 22.4. The van der Waals surface area contributed by atoms with Crippen LogP contribution in [0.2, 0.25) is 0 Å². The van der Waals surface area contributed by atoms with E-state index in [0.717, 1.165) is 15.5 Å². The van der Waals surface area contributed by atoms with Crippen LogP contribution in [0.15, 0.2) is 467 Å².